The zero-order valence-electron chi connectivity index (χ0n) is 11.7. The van der Waals surface area contributed by atoms with E-state index in [0.717, 1.165) is 6.07 Å². The smallest absolute Gasteiger partial charge is 0.389 e. The Morgan fingerprint density at radius 3 is 2.64 bits per heavy atom. The predicted molar refractivity (Wildman–Crippen MR) is 70.9 cm³/mol. The first-order valence-corrected chi connectivity index (χ1v) is 6.40. The Hall–Kier alpha value is -1.87. The zero-order chi connectivity index (χ0) is 16.8. The van der Waals surface area contributed by atoms with Crippen LogP contribution in [0.15, 0.2) is 18.2 Å². The second-order valence-electron chi connectivity index (χ2n) is 4.37. The van der Waals surface area contributed by atoms with Crippen LogP contribution in [0.25, 0.3) is 0 Å². The molecule has 1 aromatic rings. The van der Waals surface area contributed by atoms with Crippen LogP contribution in [0.2, 0.25) is 0 Å². The van der Waals surface area contributed by atoms with Gasteiger partial charge < -0.3 is 20.5 Å². The van der Waals surface area contributed by atoms with Gasteiger partial charge in [0, 0.05) is 18.8 Å². The van der Waals surface area contributed by atoms with E-state index in [-0.39, 0.29) is 18.8 Å². The van der Waals surface area contributed by atoms with Gasteiger partial charge in [0.05, 0.1) is 18.3 Å². The van der Waals surface area contributed by atoms with E-state index in [1.807, 2.05) is 0 Å². The fourth-order valence-corrected chi connectivity index (χ4v) is 1.52. The molecular weight excluding hydrogens is 308 g/mol. The standard InChI is InChI=1S/C13H16F4N2O3/c1-2-22-7-11(20)6-18-12(21)19-10-4-8(13(15,16)17)3-9(14)5-10/h3-5,11,20H,2,6-7H2,1H3,(H2,18,19,21)/t11-/m0/s1. The lowest BCUT2D eigenvalue weighted by Crippen LogP contribution is -2.37. The molecule has 124 valence electrons. The van der Waals surface area contributed by atoms with E-state index < -0.39 is 29.7 Å². The number of rotatable bonds is 6. The van der Waals surface area contributed by atoms with Crippen molar-refractivity contribution >= 4 is 11.7 Å². The number of amides is 2. The van der Waals surface area contributed by atoms with E-state index in [0.29, 0.717) is 18.7 Å². The van der Waals surface area contributed by atoms with Gasteiger partial charge in [-0.05, 0) is 25.1 Å². The highest BCUT2D eigenvalue weighted by molar-refractivity contribution is 5.89. The summed E-state index contributed by atoms with van der Waals surface area (Å²) < 4.78 is 55.6. The van der Waals surface area contributed by atoms with Crippen molar-refractivity contribution in [2.45, 2.75) is 19.2 Å². The Morgan fingerprint density at radius 2 is 2.05 bits per heavy atom. The van der Waals surface area contributed by atoms with Crippen molar-refractivity contribution in [1.82, 2.24) is 5.32 Å². The molecule has 22 heavy (non-hydrogen) atoms. The fourth-order valence-electron chi connectivity index (χ4n) is 1.52. The number of aliphatic hydroxyl groups excluding tert-OH is 1. The molecule has 0 aliphatic rings. The monoisotopic (exact) mass is 324 g/mol. The lowest BCUT2D eigenvalue weighted by Gasteiger charge is -2.13. The van der Waals surface area contributed by atoms with E-state index >= 15 is 0 Å². The second-order valence-corrected chi connectivity index (χ2v) is 4.37. The third kappa shape index (κ3) is 6.27. The minimum absolute atomic E-state index is 0.00890. The highest BCUT2D eigenvalue weighted by atomic mass is 19.4. The van der Waals surface area contributed by atoms with E-state index in [9.17, 15) is 27.5 Å². The minimum atomic E-state index is -4.72. The predicted octanol–water partition coefficient (Wildman–Crippen LogP) is 2.36. The SMILES string of the molecule is CCOC[C@@H](O)CNC(=O)Nc1cc(F)cc(C(F)(F)F)c1. The molecule has 9 heteroatoms. The van der Waals surface area contributed by atoms with Gasteiger partial charge in [-0.3, -0.25) is 0 Å². The van der Waals surface area contributed by atoms with Gasteiger partial charge in [-0.2, -0.15) is 13.2 Å². The van der Waals surface area contributed by atoms with E-state index in [2.05, 4.69) is 10.6 Å². The molecule has 0 saturated carbocycles. The number of carbonyl (C=O) groups is 1. The van der Waals surface area contributed by atoms with Crippen LogP contribution in [0.4, 0.5) is 28.0 Å². The highest BCUT2D eigenvalue weighted by Gasteiger charge is 2.31. The van der Waals surface area contributed by atoms with Gasteiger partial charge in [0.15, 0.2) is 0 Å². The Balaban J connectivity index is 2.59. The average Bonchev–Trinajstić information content (AvgIpc) is 2.41. The third-order valence-corrected chi connectivity index (χ3v) is 2.50. The van der Waals surface area contributed by atoms with Crippen molar-refractivity contribution in [2.24, 2.45) is 0 Å². The molecule has 0 radical (unpaired) electrons. The third-order valence-electron chi connectivity index (χ3n) is 2.50. The number of hydrogen-bond acceptors (Lipinski definition) is 3. The van der Waals surface area contributed by atoms with Crippen LogP contribution in [-0.2, 0) is 10.9 Å². The zero-order valence-corrected chi connectivity index (χ0v) is 11.7. The Labute approximate surface area is 124 Å². The maximum absolute atomic E-state index is 13.1. The number of urea groups is 1. The molecule has 1 rings (SSSR count). The van der Waals surface area contributed by atoms with E-state index in [4.69, 9.17) is 4.74 Å². The molecule has 0 heterocycles. The average molecular weight is 324 g/mol. The molecule has 0 unspecified atom stereocenters. The number of benzene rings is 1. The quantitative estimate of drug-likeness (QED) is 0.704. The summed E-state index contributed by atoms with van der Waals surface area (Å²) in [4.78, 5) is 11.5. The summed E-state index contributed by atoms with van der Waals surface area (Å²) in [5.74, 6) is -1.12. The van der Waals surface area contributed by atoms with Crippen molar-refractivity contribution in [3.8, 4) is 0 Å². The molecule has 3 N–H and O–H groups in total. The molecule has 0 spiro atoms. The van der Waals surface area contributed by atoms with Gasteiger partial charge in [-0.1, -0.05) is 0 Å². The van der Waals surface area contributed by atoms with Crippen molar-refractivity contribution in [3.63, 3.8) is 0 Å². The van der Waals surface area contributed by atoms with Crippen molar-refractivity contribution in [1.29, 1.82) is 0 Å². The number of alkyl halides is 3. The van der Waals surface area contributed by atoms with E-state index in [1.165, 1.54) is 0 Å². The van der Waals surface area contributed by atoms with Gasteiger partial charge >= 0.3 is 12.2 Å². The van der Waals surface area contributed by atoms with Crippen LogP contribution in [-0.4, -0.2) is 37.0 Å². The Kier molecular flexibility index (Phi) is 6.57. The highest BCUT2D eigenvalue weighted by Crippen LogP contribution is 2.31. The number of nitrogens with one attached hydrogen (secondary N) is 2. The number of carbonyl (C=O) groups excluding carboxylic acids is 1. The first-order valence-electron chi connectivity index (χ1n) is 6.40. The molecule has 5 nitrogen and oxygen atoms in total. The summed E-state index contributed by atoms with van der Waals surface area (Å²) in [5, 5.41) is 13.7. The van der Waals surface area contributed by atoms with Crippen LogP contribution >= 0.6 is 0 Å². The maximum atomic E-state index is 13.1. The lowest BCUT2D eigenvalue weighted by molar-refractivity contribution is -0.137. The molecule has 0 aromatic heterocycles. The normalized spacial score (nSPS) is 12.8. The van der Waals surface area contributed by atoms with Gasteiger partial charge in [-0.15, -0.1) is 0 Å². The van der Waals surface area contributed by atoms with Crippen molar-refractivity contribution in [2.75, 3.05) is 25.1 Å². The number of ether oxygens (including phenoxy) is 1. The molecular formula is C13H16F4N2O3. The molecule has 0 bridgehead atoms. The summed E-state index contributed by atoms with van der Waals surface area (Å²) in [6.45, 7) is 1.98. The summed E-state index contributed by atoms with van der Waals surface area (Å²) >= 11 is 0. The molecule has 2 amide bonds. The minimum Gasteiger partial charge on any atom is -0.389 e. The lowest BCUT2D eigenvalue weighted by atomic mass is 10.2. The van der Waals surface area contributed by atoms with Gasteiger partial charge in [0.2, 0.25) is 0 Å². The van der Waals surface area contributed by atoms with Crippen LogP contribution in [0.1, 0.15) is 12.5 Å². The second kappa shape index (κ2) is 7.95. The summed E-state index contributed by atoms with van der Waals surface area (Å²) in [5.41, 5.74) is -1.55. The van der Waals surface area contributed by atoms with Gasteiger partial charge in [0.1, 0.15) is 5.82 Å². The summed E-state index contributed by atoms with van der Waals surface area (Å²) in [6, 6.07) is 0.828. The molecule has 1 atom stereocenters. The van der Waals surface area contributed by atoms with Gasteiger partial charge in [-0.25, -0.2) is 9.18 Å². The Bertz CT molecular complexity index is 509. The van der Waals surface area contributed by atoms with Gasteiger partial charge in [0.25, 0.3) is 0 Å². The molecule has 0 aliphatic carbocycles. The van der Waals surface area contributed by atoms with Crippen LogP contribution in [0, 0.1) is 5.82 Å². The first kappa shape index (κ1) is 18.2. The fraction of sp³-hybridized carbons (Fsp3) is 0.462. The molecule has 0 aliphatic heterocycles. The largest absolute Gasteiger partial charge is 0.416 e. The summed E-state index contributed by atoms with van der Waals surface area (Å²) in [7, 11) is 0. The topological polar surface area (TPSA) is 70.6 Å². The molecule has 0 saturated heterocycles. The van der Waals surface area contributed by atoms with Crippen LogP contribution < -0.4 is 10.6 Å². The molecule has 0 fully saturated rings. The number of aliphatic hydroxyl groups is 1. The summed E-state index contributed by atoms with van der Waals surface area (Å²) in [6.07, 6.45) is -5.67. The van der Waals surface area contributed by atoms with Crippen LogP contribution in [0.3, 0.4) is 0 Å². The number of halogens is 4. The van der Waals surface area contributed by atoms with Crippen LogP contribution in [0.5, 0.6) is 0 Å². The Morgan fingerprint density at radius 1 is 1.36 bits per heavy atom. The maximum Gasteiger partial charge on any atom is 0.416 e. The number of anilines is 1. The van der Waals surface area contributed by atoms with Crippen molar-refractivity contribution in [3.05, 3.63) is 29.6 Å². The first-order chi connectivity index (χ1) is 10.2. The number of hydrogen-bond donors (Lipinski definition) is 3. The van der Waals surface area contributed by atoms with E-state index in [1.54, 1.807) is 6.92 Å². The molecule has 1 aromatic carbocycles. The van der Waals surface area contributed by atoms with Crippen molar-refractivity contribution < 1.29 is 32.2 Å².